The summed E-state index contributed by atoms with van der Waals surface area (Å²) < 4.78 is 51.1. The molecular formula is C14H12F4N2. The summed E-state index contributed by atoms with van der Waals surface area (Å²) in [5.41, 5.74) is 0.523. The third kappa shape index (κ3) is 3.46. The van der Waals surface area contributed by atoms with Gasteiger partial charge in [0.2, 0.25) is 0 Å². The van der Waals surface area contributed by atoms with Crippen LogP contribution in [0.15, 0.2) is 36.5 Å². The first-order chi connectivity index (χ1) is 9.36. The molecule has 20 heavy (non-hydrogen) atoms. The number of hydrogen-bond donors (Lipinski definition) is 1. The first kappa shape index (κ1) is 14.3. The average Bonchev–Trinajstić information content (AvgIpc) is 2.38. The van der Waals surface area contributed by atoms with Gasteiger partial charge in [-0.3, -0.25) is 4.98 Å². The van der Waals surface area contributed by atoms with E-state index in [9.17, 15) is 17.6 Å². The van der Waals surface area contributed by atoms with Crippen LogP contribution in [0.4, 0.5) is 23.2 Å². The second-order valence-corrected chi connectivity index (χ2v) is 4.35. The van der Waals surface area contributed by atoms with Crippen molar-refractivity contribution in [3.05, 3.63) is 59.2 Å². The minimum Gasteiger partial charge on any atom is -0.379 e. The van der Waals surface area contributed by atoms with E-state index in [1.807, 2.05) is 6.92 Å². The van der Waals surface area contributed by atoms with Crippen molar-refractivity contribution in [1.29, 1.82) is 0 Å². The molecule has 0 atom stereocenters. The maximum absolute atomic E-state index is 13.5. The predicted molar refractivity (Wildman–Crippen MR) is 67.7 cm³/mol. The van der Waals surface area contributed by atoms with E-state index in [4.69, 9.17) is 0 Å². The fourth-order valence-corrected chi connectivity index (χ4v) is 1.64. The molecule has 2 rings (SSSR count). The minimum absolute atomic E-state index is 0.180. The average molecular weight is 284 g/mol. The molecule has 0 amide bonds. The Balaban J connectivity index is 2.14. The molecule has 0 aliphatic carbocycles. The molecule has 1 aromatic heterocycles. The highest BCUT2D eigenvalue weighted by molar-refractivity contribution is 5.48. The van der Waals surface area contributed by atoms with Gasteiger partial charge in [-0.05, 0) is 36.8 Å². The molecular weight excluding hydrogens is 272 g/mol. The monoisotopic (exact) mass is 284 g/mol. The van der Waals surface area contributed by atoms with Crippen LogP contribution in [0, 0.1) is 12.7 Å². The molecule has 2 aromatic rings. The maximum atomic E-state index is 13.5. The van der Waals surface area contributed by atoms with Gasteiger partial charge in [-0.1, -0.05) is 6.07 Å². The topological polar surface area (TPSA) is 24.9 Å². The molecule has 1 heterocycles. The number of benzene rings is 1. The highest BCUT2D eigenvalue weighted by Crippen LogP contribution is 2.31. The van der Waals surface area contributed by atoms with Crippen LogP contribution in [-0.2, 0) is 12.7 Å². The predicted octanol–water partition coefficient (Wildman–Crippen LogP) is 4.16. The number of anilines is 1. The van der Waals surface area contributed by atoms with Gasteiger partial charge in [-0.25, -0.2) is 4.39 Å². The summed E-state index contributed by atoms with van der Waals surface area (Å²) in [6.07, 6.45) is -2.90. The molecule has 1 N–H and O–H groups in total. The van der Waals surface area contributed by atoms with Crippen LogP contribution in [0.1, 0.15) is 16.8 Å². The van der Waals surface area contributed by atoms with Crippen molar-refractivity contribution >= 4 is 5.69 Å². The number of nitrogens with one attached hydrogen (secondary N) is 1. The molecule has 6 heteroatoms. The van der Waals surface area contributed by atoms with Gasteiger partial charge in [-0.2, -0.15) is 13.2 Å². The number of aryl methyl sites for hydroxylation is 1. The third-order valence-electron chi connectivity index (χ3n) is 2.75. The number of hydrogen-bond acceptors (Lipinski definition) is 2. The van der Waals surface area contributed by atoms with Crippen molar-refractivity contribution in [2.24, 2.45) is 0 Å². The highest BCUT2D eigenvalue weighted by Gasteiger charge is 2.31. The molecule has 0 spiro atoms. The Morgan fingerprint density at radius 3 is 2.50 bits per heavy atom. The third-order valence-corrected chi connectivity index (χ3v) is 2.75. The molecule has 0 aliphatic rings. The van der Waals surface area contributed by atoms with E-state index in [2.05, 4.69) is 10.3 Å². The van der Waals surface area contributed by atoms with Gasteiger partial charge < -0.3 is 5.32 Å². The van der Waals surface area contributed by atoms with Gasteiger partial charge in [0.25, 0.3) is 0 Å². The molecule has 106 valence electrons. The fourth-order valence-electron chi connectivity index (χ4n) is 1.64. The molecule has 0 radical (unpaired) electrons. The van der Waals surface area contributed by atoms with Gasteiger partial charge in [0.1, 0.15) is 5.82 Å². The Labute approximate surface area is 113 Å². The zero-order chi connectivity index (χ0) is 14.8. The van der Waals surface area contributed by atoms with Gasteiger partial charge in [-0.15, -0.1) is 0 Å². The molecule has 0 saturated carbocycles. The number of alkyl halides is 3. The molecule has 0 saturated heterocycles. The standard InChI is InChI=1S/C14H12F4N2/c1-9-2-3-10(7-19-9)8-20-13-6-11(14(16,17)18)4-5-12(13)15/h2-7,20H,8H2,1H3. The Hall–Kier alpha value is -2.11. The second kappa shape index (κ2) is 5.48. The van der Waals surface area contributed by atoms with Gasteiger partial charge in [0.05, 0.1) is 11.3 Å². The van der Waals surface area contributed by atoms with Crippen LogP contribution in [0.3, 0.4) is 0 Å². The number of halogens is 4. The van der Waals surface area contributed by atoms with E-state index in [1.54, 1.807) is 18.3 Å². The fraction of sp³-hybridized carbons (Fsp3) is 0.214. The molecule has 0 aliphatic heterocycles. The van der Waals surface area contributed by atoms with Crippen LogP contribution < -0.4 is 5.32 Å². The number of nitrogens with zero attached hydrogens (tertiary/aromatic N) is 1. The lowest BCUT2D eigenvalue weighted by molar-refractivity contribution is -0.137. The largest absolute Gasteiger partial charge is 0.416 e. The molecule has 0 fully saturated rings. The normalized spacial score (nSPS) is 11.4. The Morgan fingerprint density at radius 2 is 1.90 bits per heavy atom. The van der Waals surface area contributed by atoms with E-state index in [0.29, 0.717) is 6.07 Å². The van der Waals surface area contributed by atoms with Crippen LogP contribution in [0.2, 0.25) is 0 Å². The summed E-state index contributed by atoms with van der Waals surface area (Å²) in [6.45, 7) is 2.02. The summed E-state index contributed by atoms with van der Waals surface area (Å²) in [4.78, 5) is 4.06. The second-order valence-electron chi connectivity index (χ2n) is 4.35. The lowest BCUT2D eigenvalue weighted by atomic mass is 10.1. The van der Waals surface area contributed by atoms with Crippen molar-refractivity contribution in [2.75, 3.05) is 5.32 Å². The van der Waals surface area contributed by atoms with E-state index in [1.165, 1.54) is 0 Å². The van der Waals surface area contributed by atoms with Gasteiger partial charge in [0.15, 0.2) is 0 Å². The Kier molecular flexibility index (Phi) is 3.92. The molecule has 2 nitrogen and oxygen atoms in total. The summed E-state index contributed by atoms with van der Waals surface area (Å²) in [5, 5.41) is 2.65. The summed E-state index contributed by atoms with van der Waals surface area (Å²) in [7, 11) is 0. The smallest absolute Gasteiger partial charge is 0.379 e. The quantitative estimate of drug-likeness (QED) is 0.856. The van der Waals surface area contributed by atoms with Crippen LogP contribution in [0.25, 0.3) is 0 Å². The molecule has 0 bridgehead atoms. The summed E-state index contributed by atoms with van der Waals surface area (Å²) in [6, 6.07) is 5.84. The van der Waals surface area contributed by atoms with Crippen molar-refractivity contribution in [3.63, 3.8) is 0 Å². The summed E-state index contributed by atoms with van der Waals surface area (Å²) >= 11 is 0. The van der Waals surface area contributed by atoms with Crippen LogP contribution in [-0.4, -0.2) is 4.98 Å². The van der Waals surface area contributed by atoms with Crippen LogP contribution >= 0.6 is 0 Å². The van der Waals surface area contributed by atoms with E-state index >= 15 is 0 Å². The first-order valence-electron chi connectivity index (χ1n) is 5.88. The Morgan fingerprint density at radius 1 is 1.15 bits per heavy atom. The molecule has 1 aromatic carbocycles. The van der Waals surface area contributed by atoms with E-state index in [0.717, 1.165) is 23.4 Å². The van der Waals surface area contributed by atoms with Crippen LogP contribution in [0.5, 0.6) is 0 Å². The van der Waals surface area contributed by atoms with Crippen molar-refractivity contribution in [1.82, 2.24) is 4.98 Å². The summed E-state index contributed by atoms with van der Waals surface area (Å²) in [5.74, 6) is -0.724. The number of rotatable bonds is 3. The SMILES string of the molecule is Cc1ccc(CNc2cc(C(F)(F)F)ccc2F)cn1. The Bertz CT molecular complexity index is 591. The van der Waals surface area contributed by atoms with E-state index in [-0.39, 0.29) is 12.2 Å². The van der Waals surface area contributed by atoms with Crippen molar-refractivity contribution in [3.8, 4) is 0 Å². The van der Waals surface area contributed by atoms with Gasteiger partial charge >= 0.3 is 6.18 Å². The van der Waals surface area contributed by atoms with Crippen molar-refractivity contribution in [2.45, 2.75) is 19.6 Å². The maximum Gasteiger partial charge on any atom is 0.416 e. The lowest BCUT2D eigenvalue weighted by Gasteiger charge is -2.11. The highest BCUT2D eigenvalue weighted by atomic mass is 19.4. The minimum atomic E-state index is -4.49. The molecule has 0 unspecified atom stereocenters. The van der Waals surface area contributed by atoms with Crippen molar-refractivity contribution < 1.29 is 17.6 Å². The zero-order valence-electron chi connectivity index (χ0n) is 10.6. The van der Waals surface area contributed by atoms with E-state index < -0.39 is 17.6 Å². The zero-order valence-corrected chi connectivity index (χ0v) is 10.6. The first-order valence-corrected chi connectivity index (χ1v) is 5.88. The number of aromatic nitrogens is 1. The lowest BCUT2D eigenvalue weighted by Crippen LogP contribution is -2.08. The van der Waals surface area contributed by atoms with Gasteiger partial charge in [0, 0.05) is 18.4 Å². The number of pyridine rings is 1.